The first kappa shape index (κ1) is 13.5. The summed E-state index contributed by atoms with van der Waals surface area (Å²) < 4.78 is 0. The second-order valence-corrected chi connectivity index (χ2v) is 5.50. The Hall–Kier alpha value is -0.930. The van der Waals surface area contributed by atoms with E-state index < -0.39 is 0 Å². The maximum atomic E-state index is 4.44. The van der Waals surface area contributed by atoms with Crippen molar-refractivity contribution in [1.82, 2.24) is 15.2 Å². The van der Waals surface area contributed by atoms with Crippen molar-refractivity contribution in [3.05, 3.63) is 30.1 Å². The third kappa shape index (κ3) is 4.07. The van der Waals surface area contributed by atoms with Crippen molar-refractivity contribution in [2.75, 3.05) is 13.1 Å². The van der Waals surface area contributed by atoms with Gasteiger partial charge in [-0.05, 0) is 31.5 Å². The molecule has 1 aromatic heterocycles. The molecule has 1 aliphatic rings. The molecule has 0 bridgehead atoms. The van der Waals surface area contributed by atoms with Crippen LogP contribution in [0.25, 0.3) is 0 Å². The van der Waals surface area contributed by atoms with Gasteiger partial charge in [0.15, 0.2) is 0 Å². The molecule has 1 unspecified atom stereocenters. The summed E-state index contributed by atoms with van der Waals surface area (Å²) in [6, 6.07) is 7.43. The molecular weight excluding hydrogens is 222 g/mol. The summed E-state index contributed by atoms with van der Waals surface area (Å²) in [5.74, 6) is 0. The topological polar surface area (TPSA) is 28.2 Å². The molecule has 18 heavy (non-hydrogen) atoms. The summed E-state index contributed by atoms with van der Waals surface area (Å²) in [7, 11) is 0. The van der Waals surface area contributed by atoms with Crippen molar-refractivity contribution < 1.29 is 0 Å². The molecular formula is C15H25N3. The van der Waals surface area contributed by atoms with Crippen LogP contribution in [0.1, 0.15) is 38.8 Å². The number of nitrogens with one attached hydrogen (secondary N) is 1. The van der Waals surface area contributed by atoms with E-state index in [1.807, 2.05) is 12.3 Å². The Morgan fingerprint density at radius 1 is 1.39 bits per heavy atom. The average molecular weight is 247 g/mol. The highest BCUT2D eigenvalue weighted by Gasteiger charge is 2.22. The highest BCUT2D eigenvalue weighted by Crippen LogP contribution is 2.18. The van der Waals surface area contributed by atoms with E-state index in [9.17, 15) is 0 Å². The molecule has 1 aromatic rings. The lowest BCUT2D eigenvalue weighted by molar-refractivity contribution is 0.134. The Morgan fingerprint density at radius 2 is 2.28 bits per heavy atom. The number of hydrogen-bond acceptors (Lipinski definition) is 3. The predicted molar refractivity (Wildman–Crippen MR) is 75.4 cm³/mol. The number of rotatable bonds is 5. The largest absolute Gasteiger partial charge is 0.313 e. The molecule has 0 saturated carbocycles. The van der Waals surface area contributed by atoms with Crippen LogP contribution in [0.3, 0.4) is 0 Å². The molecule has 1 fully saturated rings. The van der Waals surface area contributed by atoms with Crippen molar-refractivity contribution >= 4 is 0 Å². The van der Waals surface area contributed by atoms with Crippen molar-refractivity contribution in [1.29, 1.82) is 0 Å². The van der Waals surface area contributed by atoms with Crippen LogP contribution in [0.5, 0.6) is 0 Å². The Balaban J connectivity index is 1.91. The summed E-state index contributed by atoms with van der Waals surface area (Å²) in [6.07, 6.45) is 5.89. The maximum Gasteiger partial charge on any atom is 0.0544 e. The van der Waals surface area contributed by atoms with E-state index in [2.05, 4.69) is 41.2 Å². The molecule has 2 heterocycles. The first-order valence-electron chi connectivity index (χ1n) is 7.13. The molecule has 3 heteroatoms. The fourth-order valence-corrected chi connectivity index (χ4v) is 2.57. The van der Waals surface area contributed by atoms with E-state index in [0.717, 1.165) is 13.1 Å². The SMILES string of the molecule is CC(C)NCC1CCCCN1Cc1ccccn1. The van der Waals surface area contributed by atoms with Crippen LogP contribution in [0.4, 0.5) is 0 Å². The maximum absolute atomic E-state index is 4.44. The lowest BCUT2D eigenvalue weighted by atomic mass is 10.0. The average Bonchev–Trinajstić information content (AvgIpc) is 2.39. The molecule has 0 spiro atoms. The molecule has 0 amide bonds. The lowest BCUT2D eigenvalue weighted by Crippen LogP contribution is -2.46. The van der Waals surface area contributed by atoms with Crippen molar-refractivity contribution in [2.45, 2.75) is 51.7 Å². The van der Waals surface area contributed by atoms with Crippen LogP contribution >= 0.6 is 0 Å². The van der Waals surface area contributed by atoms with Gasteiger partial charge in [-0.15, -0.1) is 0 Å². The van der Waals surface area contributed by atoms with E-state index in [1.54, 1.807) is 0 Å². The summed E-state index contributed by atoms with van der Waals surface area (Å²) in [5.41, 5.74) is 1.19. The Bertz CT molecular complexity index is 337. The van der Waals surface area contributed by atoms with Gasteiger partial charge in [-0.25, -0.2) is 0 Å². The van der Waals surface area contributed by atoms with E-state index in [1.165, 1.54) is 31.5 Å². The van der Waals surface area contributed by atoms with Gasteiger partial charge < -0.3 is 5.32 Å². The summed E-state index contributed by atoms with van der Waals surface area (Å²) >= 11 is 0. The molecule has 1 atom stereocenters. The standard InChI is InChI=1S/C15H25N3/c1-13(2)17-11-15-8-4-6-10-18(15)12-14-7-3-5-9-16-14/h3,5,7,9,13,15,17H,4,6,8,10-12H2,1-2H3. The predicted octanol–water partition coefficient (Wildman–Crippen LogP) is 2.43. The van der Waals surface area contributed by atoms with Gasteiger partial charge in [-0.3, -0.25) is 9.88 Å². The molecule has 1 aliphatic heterocycles. The fraction of sp³-hybridized carbons (Fsp3) is 0.667. The monoisotopic (exact) mass is 247 g/mol. The van der Waals surface area contributed by atoms with Crippen molar-refractivity contribution in [3.8, 4) is 0 Å². The van der Waals surface area contributed by atoms with Crippen molar-refractivity contribution in [3.63, 3.8) is 0 Å². The van der Waals surface area contributed by atoms with Gasteiger partial charge in [0.25, 0.3) is 0 Å². The van der Waals surface area contributed by atoms with Gasteiger partial charge in [0.1, 0.15) is 0 Å². The summed E-state index contributed by atoms with van der Waals surface area (Å²) in [4.78, 5) is 7.02. The number of aromatic nitrogens is 1. The van der Waals surface area contributed by atoms with Gasteiger partial charge in [-0.1, -0.05) is 26.3 Å². The van der Waals surface area contributed by atoms with Crippen LogP contribution < -0.4 is 5.32 Å². The molecule has 0 aliphatic carbocycles. The third-order valence-electron chi connectivity index (χ3n) is 3.60. The van der Waals surface area contributed by atoms with Gasteiger partial charge in [0.2, 0.25) is 0 Å². The molecule has 3 nitrogen and oxygen atoms in total. The van der Waals surface area contributed by atoms with Crippen LogP contribution in [0, 0.1) is 0 Å². The van der Waals surface area contributed by atoms with Crippen LogP contribution in [0.2, 0.25) is 0 Å². The zero-order valence-corrected chi connectivity index (χ0v) is 11.6. The highest BCUT2D eigenvalue weighted by atomic mass is 15.2. The zero-order valence-electron chi connectivity index (χ0n) is 11.6. The van der Waals surface area contributed by atoms with E-state index >= 15 is 0 Å². The van der Waals surface area contributed by atoms with Crippen molar-refractivity contribution in [2.24, 2.45) is 0 Å². The minimum Gasteiger partial charge on any atom is -0.313 e. The number of hydrogen-bond donors (Lipinski definition) is 1. The third-order valence-corrected chi connectivity index (χ3v) is 3.60. The molecule has 2 rings (SSSR count). The number of piperidine rings is 1. The second-order valence-electron chi connectivity index (χ2n) is 5.50. The lowest BCUT2D eigenvalue weighted by Gasteiger charge is -2.36. The molecule has 100 valence electrons. The number of nitrogens with zero attached hydrogens (tertiary/aromatic N) is 2. The fourth-order valence-electron chi connectivity index (χ4n) is 2.57. The molecule has 0 radical (unpaired) electrons. The first-order valence-corrected chi connectivity index (χ1v) is 7.13. The smallest absolute Gasteiger partial charge is 0.0544 e. The normalized spacial score (nSPS) is 21.4. The minimum absolute atomic E-state index is 0.573. The van der Waals surface area contributed by atoms with Crippen LogP contribution in [-0.2, 0) is 6.54 Å². The molecule has 0 aromatic carbocycles. The zero-order chi connectivity index (χ0) is 12.8. The second kappa shape index (κ2) is 6.86. The Kier molecular flexibility index (Phi) is 5.14. The van der Waals surface area contributed by atoms with Gasteiger partial charge >= 0.3 is 0 Å². The number of pyridine rings is 1. The first-order chi connectivity index (χ1) is 8.75. The van der Waals surface area contributed by atoms with Crippen LogP contribution in [-0.4, -0.2) is 35.1 Å². The van der Waals surface area contributed by atoms with Crippen LogP contribution in [0.15, 0.2) is 24.4 Å². The van der Waals surface area contributed by atoms with Gasteiger partial charge in [0.05, 0.1) is 5.69 Å². The van der Waals surface area contributed by atoms with Gasteiger partial charge in [-0.2, -0.15) is 0 Å². The quantitative estimate of drug-likeness (QED) is 0.866. The van der Waals surface area contributed by atoms with E-state index in [-0.39, 0.29) is 0 Å². The molecule has 1 N–H and O–H groups in total. The minimum atomic E-state index is 0.573. The van der Waals surface area contributed by atoms with E-state index in [0.29, 0.717) is 12.1 Å². The Labute approximate surface area is 111 Å². The van der Waals surface area contributed by atoms with E-state index in [4.69, 9.17) is 0 Å². The highest BCUT2D eigenvalue weighted by molar-refractivity contribution is 5.03. The van der Waals surface area contributed by atoms with Gasteiger partial charge in [0, 0.05) is 31.4 Å². The number of likely N-dealkylation sites (tertiary alicyclic amines) is 1. The summed E-state index contributed by atoms with van der Waals surface area (Å²) in [5, 5.41) is 3.57. The summed E-state index contributed by atoms with van der Waals surface area (Å²) in [6.45, 7) is 7.73. The Morgan fingerprint density at radius 3 is 3.00 bits per heavy atom. The molecule has 1 saturated heterocycles.